The van der Waals surface area contributed by atoms with E-state index in [4.69, 9.17) is 0 Å². The van der Waals surface area contributed by atoms with Crippen LogP contribution >= 0.6 is 0 Å². The van der Waals surface area contributed by atoms with Crippen molar-refractivity contribution in [1.29, 1.82) is 0 Å². The monoisotopic (exact) mass is 536 g/mol. The number of hydrogen-bond acceptors (Lipinski definition) is 0. The van der Waals surface area contributed by atoms with Crippen LogP contribution in [0.25, 0.3) is 65.8 Å². The Balaban J connectivity index is 1.38. The number of aromatic nitrogens is 2. The zero-order valence-corrected chi connectivity index (χ0v) is 23.1. The van der Waals surface area contributed by atoms with Crippen molar-refractivity contribution in [2.45, 2.75) is 12.3 Å². The van der Waals surface area contributed by atoms with Crippen LogP contribution < -0.4 is 0 Å². The molecule has 0 N–H and O–H groups in total. The molecular formula is C40H28N2. The fourth-order valence-electron chi connectivity index (χ4n) is 7.15. The lowest BCUT2D eigenvalue weighted by Gasteiger charge is -2.21. The number of nitrogens with zero attached hydrogens (tertiary/aromatic N) is 2. The van der Waals surface area contributed by atoms with Crippen molar-refractivity contribution in [2.75, 3.05) is 0 Å². The van der Waals surface area contributed by atoms with Crippen LogP contribution in [0.1, 0.15) is 17.9 Å². The molecule has 0 spiro atoms. The summed E-state index contributed by atoms with van der Waals surface area (Å²) in [6.07, 6.45) is 7.83. The van der Waals surface area contributed by atoms with Gasteiger partial charge in [-0.1, -0.05) is 115 Å². The van der Waals surface area contributed by atoms with Gasteiger partial charge in [-0.2, -0.15) is 0 Å². The minimum absolute atomic E-state index is 0.355. The minimum atomic E-state index is 0.355. The van der Waals surface area contributed by atoms with Gasteiger partial charge in [0.25, 0.3) is 0 Å². The zero-order chi connectivity index (χ0) is 27.6. The summed E-state index contributed by atoms with van der Waals surface area (Å²) in [5.41, 5.74) is 8.87. The third-order valence-corrected chi connectivity index (χ3v) is 9.04. The van der Waals surface area contributed by atoms with Gasteiger partial charge in [0.15, 0.2) is 0 Å². The predicted octanol–water partition coefficient (Wildman–Crippen LogP) is 10.6. The van der Waals surface area contributed by atoms with Crippen molar-refractivity contribution in [3.8, 4) is 5.69 Å². The molecule has 0 radical (unpaired) electrons. The van der Waals surface area contributed by atoms with Crippen LogP contribution in [0.5, 0.6) is 0 Å². The van der Waals surface area contributed by atoms with Gasteiger partial charge >= 0.3 is 0 Å². The summed E-state index contributed by atoms with van der Waals surface area (Å²) >= 11 is 0. The highest BCUT2D eigenvalue weighted by Crippen LogP contribution is 2.43. The first-order chi connectivity index (χ1) is 20.8. The van der Waals surface area contributed by atoms with Crippen LogP contribution in [0.3, 0.4) is 0 Å². The first-order valence-electron chi connectivity index (χ1n) is 14.7. The summed E-state index contributed by atoms with van der Waals surface area (Å²) in [6.45, 7) is 0. The second-order valence-electron chi connectivity index (χ2n) is 11.4. The van der Waals surface area contributed by atoms with E-state index in [0.29, 0.717) is 5.92 Å². The number of fused-ring (bicyclic) bond motifs is 8. The van der Waals surface area contributed by atoms with E-state index in [0.717, 1.165) is 6.42 Å². The van der Waals surface area contributed by atoms with E-state index in [9.17, 15) is 0 Å². The molecule has 42 heavy (non-hydrogen) atoms. The molecule has 0 amide bonds. The highest BCUT2D eigenvalue weighted by molar-refractivity contribution is 6.23. The number of hydrogen-bond donors (Lipinski definition) is 0. The molecule has 0 aliphatic heterocycles. The number of allylic oxidation sites excluding steroid dienone is 4. The average molecular weight is 537 g/mol. The SMILES string of the molecule is C1=CC(c2ccccc2)CC(n2c3ccccc3c3cc4c5ccc6ccccc6c5n(-c5ccccc5)c4cc32)=C1. The standard InChI is InChI=1S/C40H28N2/c1-3-12-27(13-4-1)29-15-11-18-31(24-29)41-37-21-10-9-20-33(37)35-25-36-34-23-22-28-14-7-8-19-32(28)40(34)42(39(36)26-38(35)41)30-16-5-2-6-17-30/h1-23,25-26,29H,24H2. The first-order valence-corrected chi connectivity index (χ1v) is 14.7. The first kappa shape index (κ1) is 23.4. The fourth-order valence-corrected chi connectivity index (χ4v) is 7.15. The minimum Gasteiger partial charge on any atom is -0.313 e. The topological polar surface area (TPSA) is 9.86 Å². The quantitative estimate of drug-likeness (QED) is 0.213. The van der Waals surface area contributed by atoms with Crippen molar-refractivity contribution in [3.63, 3.8) is 0 Å². The van der Waals surface area contributed by atoms with E-state index in [2.05, 4.69) is 161 Å². The van der Waals surface area contributed by atoms with E-state index < -0.39 is 0 Å². The molecule has 0 bridgehead atoms. The molecule has 198 valence electrons. The molecule has 1 atom stereocenters. The summed E-state index contributed by atoms with van der Waals surface area (Å²) in [6, 6.07) is 48.8. The van der Waals surface area contributed by atoms with E-state index in [-0.39, 0.29) is 0 Å². The maximum Gasteiger partial charge on any atom is 0.0619 e. The van der Waals surface area contributed by atoms with Gasteiger partial charge in [-0.25, -0.2) is 0 Å². The van der Waals surface area contributed by atoms with Crippen molar-refractivity contribution in [1.82, 2.24) is 9.13 Å². The molecule has 2 heterocycles. The predicted molar refractivity (Wildman–Crippen MR) is 179 cm³/mol. The fraction of sp³-hybridized carbons (Fsp3) is 0.0500. The van der Waals surface area contributed by atoms with E-state index in [1.807, 2.05) is 0 Å². The average Bonchev–Trinajstić information content (AvgIpc) is 3.57. The lowest BCUT2D eigenvalue weighted by Crippen LogP contribution is -2.06. The number of benzene rings is 6. The second-order valence-corrected chi connectivity index (χ2v) is 11.4. The van der Waals surface area contributed by atoms with Gasteiger partial charge in [0.1, 0.15) is 0 Å². The molecule has 2 nitrogen and oxygen atoms in total. The highest BCUT2D eigenvalue weighted by Gasteiger charge is 2.22. The molecule has 6 aromatic carbocycles. The lowest BCUT2D eigenvalue weighted by atomic mass is 9.91. The normalized spacial score (nSPS) is 15.3. The van der Waals surface area contributed by atoms with Crippen molar-refractivity contribution < 1.29 is 0 Å². The maximum atomic E-state index is 2.51. The maximum absolute atomic E-state index is 2.51. The van der Waals surface area contributed by atoms with E-state index in [1.165, 1.54) is 71.3 Å². The number of para-hydroxylation sites is 2. The van der Waals surface area contributed by atoms with Gasteiger partial charge in [0.05, 0.1) is 22.1 Å². The van der Waals surface area contributed by atoms with Crippen molar-refractivity contribution in [3.05, 3.63) is 157 Å². The molecule has 0 saturated carbocycles. The molecule has 2 heteroatoms. The molecule has 1 aliphatic rings. The van der Waals surface area contributed by atoms with Crippen LogP contribution in [-0.4, -0.2) is 9.13 Å². The highest BCUT2D eigenvalue weighted by atomic mass is 15.0. The van der Waals surface area contributed by atoms with E-state index >= 15 is 0 Å². The second kappa shape index (κ2) is 9.09. The summed E-state index contributed by atoms with van der Waals surface area (Å²) in [4.78, 5) is 0. The Morgan fingerprint density at radius 2 is 1.19 bits per heavy atom. The Morgan fingerprint density at radius 1 is 0.500 bits per heavy atom. The Labute approximate surface area is 244 Å². The van der Waals surface area contributed by atoms with Crippen molar-refractivity contribution in [2.24, 2.45) is 0 Å². The van der Waals surface area contributed by atoms with Gasteiger partial charge in [-0.05, 0) is 53.8 Å². The summed E-state index contributed by atoms with van der Waals surface area (Å²) in [5, 5.41) is 7.70. The molecular weight excluding hydrogens is 508 g/mol. The van der Waals surface area contributed by atoms with Crippen LogP contribution in [-0.2, 0) is 0 Å². The third kappa shape index (κ3) is 3.39. The number of rotatable bonds is 3. The summed E-state index contributed by atoms with van der Waals surface area (Å²) in [5.74, 6) is 0.355. The Hall–Kier alpha value is -5.34. The molecule has 2 aromatic heterocycles. The van der Waals surface area contributed by atoms with E-state index in [1.54, 1.807) is 0 Å². The molecule has 0 fully saturated rings. The van der Waals surface area contributed by atoms with Gasteiger partial charge < -0.3 is 9.13 Å². The Bertz CT molecular complexity index is 2370. The van der Waals surface area contributed by atoms with Gasteiger partial charge in [0, 0.05) is 44.2 Å². The lowest BCUT2D eigenvalue weighted by molar-refractivity contribution is 0.837. The molecule has 9 rings (SSSR count). The molecule has 1 unspecified atom stereocenters. The van der Waals surface area contributed by atoms with Crippen molar-refractivity contribution >= 4 is 60.1 Å². The van der Waals surface area contributed by atoms with Gasteiger partial charge in [-0.15, -0.1) is 0 Å². The summed E-state index contributed by atoms with van der Waals surface area (Å²) < 4.78 is 4.98. The van der Waals surface area contributed by atoms with Crippen LogP contribution in [0.15, 0.2) is 152 Å². The largest absolute Gasteiger partial charge is 0.313 e. The van der Waals surface area contributed by atoms with Gasteiger partial charge in [0.2, 0.25) is 0 Å². The molecule has 1 aliphatic carbocycles. The smallest absolute Gasteiger partial charge is 0.0619 e. The third-order valence-electron chi connectivity index (χ3n) is 9.04. The van der Waals surface area contributed by atoms with Gasteiger partial charge in [-0.3, -0.25) is 0 Å². The molecule has 0 saturated heterocycles. The zero-order valence-electron chi connectivity index (χ0n) is 23.1. The van der Waals surface area contributed by atoms with Crippen LogP contribution in [0.2, 0.25) is 0 Å². The summed E-state index contributed by atoms with van der Waals surface area (Å²) in [7, 11) is 0. The van der Waals surface area contributed by atoms with Crippen LogP contribution in [0, 0.1) is 0 Å². The molecule has 8 aromatic rings. The Morgan fingerprint density at radius 3 is 2.05 bits per heavy atom. The van der Waals surface area contributed by atoms with Crippen LogP contribution in [0.4, 0.5) is 0 Å². The Kier molecular flexibility index (Phi) is 5.06.